The Kier molecular flexibility index (Phi) is 4.86. The summed E-state index contributed by atoms with van der Waals surface area (Å²) in [5.41, 5.74) is 5.27. The fourth-order valence-electron chi connectivity index (χ4n) is 3.46. The van der Waals surface area contributed by atoms with Crippen LogP contribution in [0.15, 0.2) is 52.7 Å². The van der Waals surface area contributed by atoms with Crippen molar-refractivity contribution < 1.29 is 8.42 Å². The van der Waals surface area contributed by atoms with Crippen LogP contribution in [0.4, 0.5) is 16.5 Å². The highest BCUT2D eigenvalue weighted by Gasteiger charge is 2.27. The zero-order chi connectivity index (χ0) is 19.9. The van der Waals surface area contributed by atoms with Gasteiger partial charge in [-0.2, -0.15) is 0 Å². The molecule has 0 spiro atoms. The van der Waals surface area contributed by atoms with Crippen molar-refractivity contribution in [1.82, 2.24) is 4.98 Å². The minimum atomic E-state index is -3.68. The van der Waals surface area contributed by atoms with Crippen LogP contribution in [0.25, 0.3) is 0 Å². The molecule has 3 N–H and O–H groups in total. The largest absolute Gasteiger partial charge is 0.362 e. The number of hydrogen-bond acceptors (Lipinski definition) is 6. The lowest BCUT2D eigenvalue weighted by Gasteiger charge is -2.24. The Morgan fingerprint density at radius 1 is 1.25 bits per heavy atom. The highest BCUT2D eigenvalue weighted by molar-refractivity contribution is 7.89. The van der Waals surface area contributed by atoms with Crippen molar-refractivity contribution in [3.63, 3.8) is 0 Å². The van der Waals surface area contributed by atoms with Gasteiger partial charge in [-0.25, -0.2) is 18.5 Å². The Balaban J connectivity index is 1.51. The number of nitrogens with one attached hydrogen (secondary N) is 1. The molecule has 8 heteroatoms. The number of primary sulfonamides is 1. The standard InChI is InChI=1S/C20H22N4O2S2/c1-13-3-5-16(6-4-13)22-20-23-17(12-27-20)11-24-14(2)9-15-10-18(28(21,25)26)7-8-19(15)24/h3-8,10,12,14H,9,11H2,1-2H3,(H,22,23)(H2,21,25,26). The van der Waals surface area contributed by atoms with Gasteiger partial charge >= 0.3 is 0 Å². The van der Waals surface area contributed by atoms with E-state index in [1.54, 1.807) is 23.5 Å². The third-order valence-corrected chi connectivity index (χ3v) is 6.64. The van der Waals surface area contributed by atoms with Crippen LogP contribution in [-0.4, -0.2) is 19.4 Å². The fourth-order valence-corrected chi connectivity index (χ4v) is 4.75. The highest BCUT2D eigenvalue weighted by atomic mass is 32.2. The van der Waals surface area contributed by atoms with Crippen molar-refractivity contribution in [1.29, 1.82) is 0 Å². The number of nitrogens with zero attached hydrogens (tertiary/aromatic N) is 2. The molecule has 0 aliphatic carbocycles. The van der Waals surface area contributed by atoms with Crippen LogP contribution in [0, 0.1) is 6.92 Å². The van der Waals surface area contributed by atoms with Crippen LogP contribution in [0.2, 0.25) is 0 Å². The average molecular weight is 415 g/mol. The van der Waals surface area contributed by atoms with Gasteiger partial charge in [-0.05, 0) is 56.2 Å². The lowest BCUT2D eigenvalue weighted by molar-refractivity contribution is 0.597. The van der Waals surface area contributed by atoms with Gasteiger partial charge in [0.1, 0.15) is 0 Å². The molecule has 0 saturated heterocycles. The summed E-state index contributed by atoms with van der Waals surface area (Å²) >= 11 is 1.58. The van der Waals surface area contributed by atoms with Gasteiger partial charge in [0.05, 0.1) is 17.1 Å². The summed E-state index contributed by atoms with van der Waals surface area (Å²) in [6, 6.07) is 13.6. The number of rotatable bonds is 5. The molecule has 0 saturated carbocycles. The van der Waals surface area contributed by atoms with Crippen molar-refractivity contribution >= 4 is 37.9 Å². The number of benzene rings is 2. The summed E-state index contributed by atoms with van der Waals surface area (Å²) in [6.45, 7) is 4.87. The second-order valence-corrected chi connectivity index (χ2v) is 9.57. The van der Waals surface area contributed by atoms with Crippen LogP contribution in [0.5, 0.6) is 0 Å². The fraction of sp³-hybridized carbons (Fsp3) is 0.250. The normalized spacial score (nSPS) is 16.2. The molecule has 2 heterocycles. The van der Waals surface area contributed by atoms with Crippen molar-refractivity contribution in [2.75, 3.05) is 10.2 Å². The molecular formula is C20H22N4O2S2. The Labute approximate surface area is 169 Å². The summed E-state index contributed by atoms with van der Waals surface area (Å²) in [4.78, 5) is 7.13. The van der Waals surface area contributed by atoms with Crippen LogP contribution in [0.3, 0.4) is 0 Å². The molecule has 1 atom stereocenters. The lowest BCUT2D eigenvalue weighted by atomic mass is 10.1. The third kappa shape index (κ3) is 3.89. The van der Waals surface area contributed by atoms with E-state index < -0.39 is 10.0 Å². The SMILES string of the molecule is Cc1ccc(Nc2nc(CN3c4ccc(S(N)(=O)=O)cc4CC3C)cs2)cc1. The Morgan fingerprint density at radius 2 is 2.00 bits per heavy atom. The summed E-state index contributed by atoms with van der Waals surface area (Å²) in [5, 5.41) is 11.5. The minimum Gasteiger partial charge on any atom is -0.362 e. The molecule has 2 aromatic carbocycles. The quantitative estimate of drug-likeness (QED) is 0.663. The molecule has 0 radical (unpaired) electrons. The minimum absolute atomic E-state index is 0.165. The first kappa shape index (κ1) is 18.9. The molecule has 4 rings (SSSR count). The first-order valence-corrected chi connectivity index (χ1v) is 11.4. The van der Waals surface area contributed by atoms with Crippen LogP contribution >= 0.6 is 11.3 Å². The van der Waals surface area contributed by atoms with Crippen LogP contribution < -0.4 is 15.4 Å². The van der Waals surface area contributed by atoms with Gasteiger partial charge < -0.3 is 10.2 Å². The summed E-state index contributed by atoms with van der Waals surface area (Å²) in [6.07, 6.45) is 0.789. The second-order valence-electron chi connectivity index (χ2n) is 7.15. The Bertz CT molecular complexity index is 1110. The van der Waals surface area contributed by atoms with Gasteiger partial charge in [0.2, 0.25) is 10.0 Å². The molecule has 0 bridgehead atoms. The van der Waals surface area contributed by atoms with E-state index in [9.17, 15) is 8.42 Å². The third-order valence-electron chi connectivity index (χ3n) is 4.92. The molecule has 6 nitrogen and oxygen atoms in total. The van der Waals surface area contributed by atoms with Crippen molar-refractivity contribution in [2.24, 2.45) is 5.14 Å². The monoisotopic (exact) mass is 414 g/mol. The number of hydrogen-bond donors (Lipinski definition) is 2. The molecule has 1 aromatic heterocycles. The van der Waals surface area contributed by atoms with Crippen molar-refractivity contribution in [3.05, 3.63) is 64.7 Å². The molecule has 1 unspecified atom stereocenters. The number of thiazole rings is 1. The molecule has 1 aliphatic heterocycles. The number of anilines is 3. The smallest absolute Gasteiger partial charge is 0.238 e. The zero-order valence-electron chi connectivity index (χ0n) is 15.7. The number of fused-ring (bicyclic) bond motifs is 1. The van der Waals surface area contributed by atoms with E-state index in [4.69, 9.17) is 10.1 Å². The maximum absolute atomic E-state index is 11.6. The van der Waals surface area contributed by atoms with Crippen LogP contribution in [0.1, 0.15) is 23.7 Å². The lowest BCUT2D eigenvalue weighted by Crippen LogP contribution is -2.28. The van der Waals surface area contributed by atoms with E-state index in [2.05, 4.69) is 41.6 Å². The molecule has 146 valence electrons. The first-order valence-electron chi connectivity index (χ1n) is 9.00. The number of sulfonamides is 1. The molecule has 1 aliphatic rings. The molecular weight excluding hydrogens is 392 g/mol. The summed E-state index contributed by atoms with van der Waals surface area (Å²) in [7, 11) is -3.68. The average Bonchev–Trinajstić information content (AvgIpc) is 3.20. The summed E-state index contributed by atoms with van der Waals surface area (Å²) in [5.74, 6) is 0. The molecule has 3 aromatic rings. The van der Waals surface area contributed by atoms with E-state index in [-0.39, 0.29) is 10.9 Å². The molecule has 28 heavy (non-hydrogen) atoms. The predicted octanol–water partition coefficient (Wildman–Crippen LogP) is 3.79. The molecule has 0 fully saturated rings. The van der Waals surface area contributed by atoms with E-state index in [1.165, 1.54) is 5.56 Å². The zero-order valence-corrected chi connectivity index (χ0v) is 17.3. The predicted molar refractivity (Wildman–Crippen MR) is 114 cm³/mol. The van der Waals surface area contributed by atoms with Gasteiger partial charge in [-0.1, -0.05) is 17.7 Å². The Hall–Kier alpha value is -2.42. The van der Waals surface area contributed by atoms with E-state index in [0.29, 0.717) is 6.54 Å². The first-order chi connectivity index (χ1) is 13.3. The maximum Gasteiger partial charge on any atom is 0.238 e. The highest BCUT2D eigenvalue weighted by Crippen LogP contribution is 2.35. The number of aromatic nitrogens is 1. The van der Waals surface area contributed by atoms with Gasteiger partial charge in [0.15, 0.2) is 5.13 Å². The van der Waals surface area contributed by atoms with Gasteiger partial charge in [0.25, 0.3) is 0 Å². The van der Waals surface area contributed by atoms with Crippen LogP contribution in [-0.2, 0) is 23.0 Å². The maximum atomic E-state index is 11.6. The van der Waals surface area contributed by atoms with Gasteiger partial charge in [-0.15, -0.1) is 11.3 Å². The van der Waals surface area contributed by atoms with E-state index >= 15 is 0 Å². The van der Waals surface area contributed by atoms with Gasteiger partial charge in [-0.3, -0.25) is 0 Å². The number of nitrogens with two attached hydrogens (primary N) is 1. The molecule has 0 amide bonds. The topological polar surface area (TPSA) is 88.3 Å². The van der Waals surface area contributed by atoms with Gasteiger partial charge in [0, 0.05) is 22.8 Å². The van der Waals surface area contributed by atoms with E-state index in [0.717, 1.165) is 34.2 Å². The number of aryl methyl sites for hydroxylation is 1. The van der Waals surface area contributed by atoms with Crippen molar-refractivity contribution in [3.8, 4) is 0 Å². The summed E-state index contributed by atoms with van der Waals surface area (Å²) < 4.78 is 23.2. The Morgan fingerprint density at radius 3 is 2.71 bits per heavy atom. The van der Waals surface area contributed by atoms with Crippen molar-refractivity contribution in [2.45, 2.75) is 37.8 Å². The van der Waals surface area contributed by atoms with E-state index in [1.807, 2.05) is 18.2 Å². The second kappa shape index (κ2) is 7.20.